The Kier molecular flexibility index (Phi) is 4.12. The van der Waals surface area contributed by atoms with Gasteiger partial charge in [-0.25, -0.2) is 14.5 Å². The van der Waals surface area contributed by atoms with Crippen LogP contribution in [-0.2, 0) is 14.3 Å². The summed E-state index contributed by atoms with van der Waals surface area (Å²) in [6.07, 6.45) is -0.786. The molecule has 0 atom stereocenters. The van der Waals surface area contributed by atoms with Crippen LogP contribution in [0, 0.1) is 10.1 Å². The molecular weight excluding hydrogens is 284 g/mol. The quantitative estimate of drug-likeness (QED) is 0.456. The van der Waals surface area contributed by atoms with Gasteiger partial charge in [-0.05, 0) is 6.07 Å². The second-order valence-electron chi connectivity index (χ2n) is 4.04. The van der Waals surface area contributed by atoms with E-state index in [1.165, 1.54) is 18.2 Å². The van der Waals surface area contributed by atoms with Gasteiger partial charge in [0.15, 0.2) is 6.61 Å². The minimum absolute atomic E-state index is 0.0546. The Morgan fingerprint density at radius 1 is 1.43 bits per heavy atom. The minimum Gasteiger partial charge on any atom is -0.452 e. The highest BCUT2D eigenvalue weighted by Gasteiger charge is 2.29. The van der Waals surface area contributed by atoms with Crippen LogP contribution in [0.3, 0.4) is 0 Å². The third-order valence-electron chi connectivity index (χ3n) is 2.68. The number of imide groups is 1. The van der Waals surface area contributed by atoms with Crippen molar-refractivity contribution >= 4 is 23.7 Å². The van der Waals surface area contributed by atoms with Crippen LogP contribution in [0.2, 0.25) is 0 Å². The van der Waals surface area contributed by atoms with Crippen molar-refractivity contribution in [2.24, 2.45) is 0 Å². The van der Waals surface area contributed by atoms with Crippen LogP contribution >= 0.6 is 0 Å². The maximum absolute atomic E-state index is 11.7. The Labute approximate surface area is 118 Å². The molecule has 0 unspecified atom stereocenters. The molecule has 1 heterocycles. The van der Waals surface area contributed by atoms with Gasteiger partial charge in [-0.2, -0.15) is 0 Å². The van der Waals surface area contributed by atoms with Crippen LogP contribution in [-0.4, -0.2) is 47.6 Å². The normalized spacial score (nSPS) is 13.7. The molecule has 110 valence electrons. The Morgan fingerprint density at radius 3 is 2.81 bits per heavy atom. The molecule has 1 aliphatic rings. The van der Waals surface area contributed by atoms with E-state index in [9.17, 15) is 24.5 Å². The highest BCUT2D eigenvalue weighted by atomic mass is 16.6. The number of nitro benzene ring substituents is 1. The maximum Gasteiger partial charge on any atom is 0.416 e. The molecule has 1 aromatic carbocycles. The summed E-state index contributed by atoms with van der Waals surface area (Å²) in [5, 5.41) is 10.6. The zero-order valence-electron chi connectivity index (χ0n) is 10.7. The lowest BCUT2D eigenvalue weighted by molar-refractivity contribution is -0.384. The van der Waals surface area contributed by atoms with Gasteiger partial charge >= 0.3 is 12.1 Å². The molecule has 0 N–H and O–H groups in total. The summed E-state index contributed by atoms with van der Waals surface area (Å²) >= 11 is 0. The summed E-state index contributed by atoms with van der Waals surface area (Å²) in [5.41, 5.74) is -0.320. The van der Waals surface area contributed by atoms with E-state index in [-0.39, 0.29) is 24.4 Å². The lowest BCUT2D eigenvalue weighted by Crippen LogP contribution is -2.35. The number of benzene rings is 1. The van der Waals surface area contributed by atoms with Crippen LogP contribution in [0.25, 0.3) is 0 Å². The molecular formula is C12H10N2O7. The lowest BCUT2D eigenvalue weighted by Gasteiger charge is -2.10. The van der Waals surface area contributed by atoms with E-state index in [0.29, 0.717) is 0 Å². The highest BCUT2D eigenvalue weighted by Crippen LogP contribution is 2.14. The number of hydrogen-bond donors (Lipinski definition) is 0. The molecule has 9 heteroatoms. The number of carbonyl (C=O) groups excluding carboxylic acids is 3. The van der Waals surface area contributed by atoms with Crippen molar-refractivity contribution in [1.29, 1.82) is 0 Å². The summed E-state index contributed by atoms with van der Waals surface area (Å²) in [4.78, 5) is 45.2. The molecule has 21 heavy (non-hydrogen) atoms. The predicted octanol–water partition coefficient (Wildman–Crippen LogP) is 0.730. The van der Waals surface area contributed by atoms with E-state index < -0.39 is 29.5 Å². The second kappa shape index (κ2) is 5.99. The molecule has 0 bridgehead atoms. The van der Waals surface area contributed by atoms with Gasteiger partial charge in [0.25, 0.3) is 11.6 Å². The molecule has 1 aromatic rings. The van der Waals surface area contributed by atoms with Crippen molar-refractivity contribution in [3.63, 3.8) is 0 Å². The van der Waals surface area contributed by atoms with Crippen LogP contribution in [0.1, 0.15) is 10.4 Å². The van der Waals surface area contributed by atoms with E-state index in [1.54, 1.807) is 0 Å². The first-order chi connectivity index (χ1) is 9.99. The Morgan fingerprint density at radius 2 is 2.19 bits per heavy atom. The van der Waals surface area contributed by atoms with Crippen molar-refractivity contribution < 1.29 is 28.8 Å². The van der Waals surface area contributed by atoms with Crippen molar-refractivity contribution in [1.82, 2.24) is 4.90 Å². The van der Waals surface area contributed by atoms with Crippen molar-refractivity contribution in [3.05, 3.63) is 39.9 Å². The van der Waals surface area contributed by atoms with E-state index in [0.717, 1.165) is 11.0 Å². The van der Waals surface area contributed by atoms with Gasteiger partial charge in [-0.1, -0.05) is 6.07 Å². The van der Waals surface area contributed by atoms with E-state index in [4.69, 9.17) is 4.74 Å². The Hall–Kier alpha value is -2.97. The lowest BCUT2D eigenvalue weighted by atomic mass is 10.2. The summed E-state index contributed by atoms with van der Waals surface area (Å²) < 4.78 is 9.30. The standard InChI is InChI=1S/C12H10N2O7/c15-10(13-4-5-20-12(13)17)7-21-11(16)8-2-1-3-9(6-8)14(18)19/h1-3,6H,4-5,7H2. The Bertz CT molecular complexity index is 613. The van der Waals surface area contributed by atoms with Gasteiger partial charge in [0.2, 0.25) is 0 Å². The number of nitro groups is 1. The highest BCUT2D eigenvalue weighted by molar-refractivity contribution is 5.96. The zero-order chi connectivity index (χ0) is 15.4. The monoisotopic (exact) mass is 294 g/mol. The summed E-state index contributed by atoms with van der Waals surface area (Å²) in [7, 11) is 0. The van der Waals surface area contributed by atoms with E-state index in [2.05, 4.69) is 4.74 Å². The predicted molar refractivity (Wildman–Crippen MR) is 66.4 cm³/mol. The molecule has 1 saturated heterocycles. The number of cyclic esters (lactones) is 1. The number of rotatable bonds is 4. The molecule has 0 aromatic heterocycles. The van der Waals surface area contributed by atoms with Gasteiger partial charge in [0, 0.05) is 12.1 Å². The average molecular weight is 294 g/mol. The molecule has 0 saturated carbocycles. The maximum atomic E-state index is 11.7. The number of amides is 2. The number of ether oxygens (including phenoxy) is 2. The van der Waals surface area contributed by atoms with Crippen molar-refractivity contribution in [2.75, 3.05) is 19.8 Å². The SMILES string of the molecule is O=C(OCC(=O)N1CCOC1=O)c1cccc([N+](=O)[O-])c1. The molecule has 1 fully saturated rings. The third kappa shape index (κ3) is 3.32. The van der Waals surface area contributed by atoms with Crippen LogP contribution in [0.5, 0.6) is 0 Å². The fourth-order valence-electron chi connectivity index (χ4n) is 1.65. The first-order valence-corrected chi connectivity index (χ1v) is 5.88. The molecule has 1 aliphatic heterocycles. The summed E-state index contributed by atoms with van der Waals surface area (Å²) in [6.45, 7) is -0.438. The van der Waals surface area contributed by atoms with Crippen molar-refractivity contribution in [3.8, 4) is 0 Å². The fourth-order valence-corrected chi connectivity index (χ4v) is 1.65. The Balaban J connectivity index is 1.95. The van der Waals surface area contributed by atoms with Crippen LogP contribution < -0.4 is 0 Å². The topological polar surface area (TPSA) is 116 Å². The molecule has 2 rings (SSSR count). The van der Waals surface area contributed by atoms with Gasteiger partial charge in [0.05, 0.1) is 17.0 Å². The smallest absolute Gasteiger partial charge is 0.416 e. The van der Waals surface area contributed by atoms with E-state index >= 15 is 0 Å². The fraction of sp³-hybridized carbons (Fsp3) is 0.250. The first kappa shape index (κ1) is 14.4. The number of hydrogen-bond acceptors (Lipinski definition) is 7. The molecule has 9 nitrogen and oxygen atoms in total. The number of non-ortho nitro benzene ring substituents is 1. The number of nitrogens with zero attached hydrogens (tertiary/aromatic N) is 2. The third-order valence-corrected chi connectivity index (χ3v) is 2.68. The second-order valence-corrected chi connectivity index (χ2v) is 4.04. The average Bonchev–Trinajstić information content (AvgIpc) is 2.90. The molecule has 0 aliphatic carbocycles. The first-order valence-electron chi connectivity index (χ1n) is 5.88. The van der Waals surface area contributed by atoms with Crippen LogP contribution in [0.15, 0.2) is 24.3 Å². The van der Waals surface area contributed by atoms with Crippen LogP contribution in [0.4, 0.5) is 10.5 Å². The summed E-state index contributed by atoms with van der Waals surface area (Å²) in [5.74, 6) is -1.60. The number of esters is 1. The van der Waals surface area contributed by atoms with Gasteiger partial charge in [-0.15, -0.1) is 0 Å². The van der Waals surface area contributed by atoms with Gasteiger partial charge < -0.3 is 9.47 Å². The van der Waals surface area contributed by atoms with Gasteiger partial charge in [0.1, 0.15) is 6.61 Å². The molecule has 2 amide bonds. The van der Waals surface area contributed by atoms with Crippen molar-refractivity contribution in [2.45, 2.75) is 0 Å². The van der Waals surface area contributed by atoms with Gasteiger partial charge in [-0.3, -0.25) is 14.9 Å². The van der Waals surface area contributed by atoms with E-state index in [1.807, 2.05) is 0 Å². The summed E-state index contributed by atoms with van der Waals surface area (Å²) in [6, 6.07) is 4.91. The minimum atomic E-state index is -0.889. The molecule has 0 spiro atoms. The zero-order valence-corrected chi connectivity index (χ0v) is 10.7. The molecule has 0 radical (unpaired) electrons. The largest absolute Gasteiger partial charge is 0.452 e. The number of carbonyl (C=O) groups is 3.